The maximum absolute atomic E-state index is 5.24. The van der Waals surface area contributed by atoms with Gasteiger partial charge >= 0.3 is 0 Å². The van der Waals surface area contributed by atoms with E-state index in [9.17, 15) is 0 Å². The summed E-state index contributed by atoms with van der Waals surface area (Å²) in [7, 11) is 7.50. The first kappa shape index (κ1) is 16.9. The molecule has 1 N–H and O–H groups in total. The topological polar surface area (TPSA) is 51.5 Å². The van der Waals surface area contributed by atoms with Gasteiger partial charge in [0.1, 0.15) is 5.82 Å². The number of rotatable bonds is 9. The lowest BCUT2D eigenvalue weighted by Gasteiger charge is -2.27. The van der Waals surface area contributed by atoms with Crippen molar-refractivity contribution < 1.29 is 9.47 Å². The van der Waals surface area contributed by atoms with E-state index in [0.29, 0.717) is 19.3 Å². The minimum Gasteiger partial charge on any atom is -0.383 e. The van der Waals surface area contributed by atoms with Gasteiger partial charge in [0, 0.05) is 47.0 Å². The fourth-order valence-electron chi connectivity index (χ4n) is 2.29. The Bertz CT molecular complexity index is 406. The zero-order valence-electron chi connectivity index (χ0n) is 13.6. The molecule has 0 aliphatic rings. The third-order valence-electron chi connectivity index (χ3n) is 3.50. The molecule has 0 bridgehead atoms. The summed E-state index contributed by atoms with van der Waals surface area (Å²) in [5.74, 6) is 1.14. The van der Waals surface area contributed by atoms with Gasteiger partial charge in [-0.3, -0.25) is 4.68 Å². The van der Waals surface area contributed by atoms with Gasteiger partial charge < -0.3 is 19.7 Å². The van der Waals surface area contributed by atoms with Crippen LogP contribution in [-0.4, -0.2) is 56.8 Å². The fourth-order valence-corrected chi connectivity index (χ4v) is 2.29. The highest BCUT2D eigenvalue weighted by molar-refractivity contribution is 5.50. The van der Waals surface area contributed by atoms with Crippen molar-refractivity contribution in [2.45, 2.75) is 26.4 Å². The summed E-state index contributed by atoms with van der Waals surface area (Å²) in [6.07, 6.45) is 0. The van der Waals surface area contributed by atoms with E-state index in [2.05, 4.69) is 29.3 Å². The third kappa shape index (κ3) is 4.19. The summed E-state index contributed by atoms with van der Waals surface area (Å²) >= 11 is 0. The van der Waals surface area contributed by atoms with E-state index < -0.39 is 0 Å². The highest BCUT2D eigenvalue weighted by atomic mass is 16.5. The SMILES string of the molecule is COCCNCc1c(C)nn(C)c1N(C)C(C)COC. The summed E-state index contributed by atoms with van der Waals surface area (Å²) < 4.78 is 12.2. The predicted molar refractivity (Wildman–Crippen MR) is 81.3 cm³/mol. The van der Waals surface area contributed by atoms with Crippen LogP contribution >= 0.6 is 0 Å². The number of anilines is 1. The molecule has 1 rings (SSSR count). The number of aromatic nitrogens is 2. The van der Waals surface area contributed by atoms with E-state index >= 15 is 0 Å². The average Bonchev–Trinajstić information content (AvgIpc) is 2.68. The van der Waals surface area contributed by atoms with Crippen molar-refractivity contribution in [3.63, 3.8) is 0 Å². The van der Waals surface area contributed by atoms with Crippen molar-refractivity contribution in [2.24, 2.45) is 7.05 Å². The second kappa shape index (κ2) is 8.24. The maximum atomic E-state index is 5.24. The van der Waals surface area contributed by atoms with E-state index in [-0.39, 0.29) is 0 Å². The molecule has 1 aromatic heterocycles. The van der Waals surface area contributed by atoms with Crippen LogP contribution in [0.5, 0.6) is 0 Å². The molecular weight excluding hydrogens is 256 g/mol. The standard InChI is InChI=1S/C14H28N4O2/c1-11(10-20-6)17(3)14-13(9-15-7-8-19-5)12(2)16-18(14)4/h11,15H,7-10H2,1-6H3. The first-order chi connectivity index (χ1) is 9.52. The molecular formula is C14H28N4O2. The van der Waals surface area contributed by atoms with Crippen molar-refractivity contribution in [1.29, 1.82) is 0 Å². The molecule has 0 aliphatic heterocycles. The van der Waals surface area contributed by atoms with Gasteiger partial charge in [0.05, 0.1) is 24.9 Å². The molecule has 0 spiro atoms. The molecule has 1 aromatic rings. The van der Waals surface area contributed by atoms with Crippen LogP contribution in [0, 0.1) is 6.92 Å². The Morgan fingerprint density at radius 1 is 1.35 bits per heavy atom. The minimum atomic E-state index is 0.299. The summed E-state index contributed by atoms with van der Waals surface area (Å²) in [6.45, 7) is 7.23. The monoisotopic (exact) mass is 284 g/mol. The number of aryl methyl sites for hydroxylation is 2. The zero-order valence-corrected chi connectivity index (χ0v) is 13.6. The van der Waals surface area contributed by atoms with E-state index in [1.54, 1.807) is 14.2 Å². The zero-order chi connectivity index (χ0) is 15.1. The van der Waals surface area contributed by atoms with Crippen LogP contribution in [0.3, 0.4) is 0 Å². The number of ether oxygens (including phenoxy) is 2. The van der Waals surface area contributed by atoms with Gasteiger partial charge in [0.25, 0.3) is 0 Å². The van der Waals surface area contributed by atoms with Gasteiger partial charge in [-0.25, -0.2) is 0 Å². The van der Waals surface area contributed by atoms with Crippen LogP contribution in [0.25, 0.3) is 0 Å². The fraction of sp³-hybridized carbons (Fsp3) is 0.786. The van der Waals surface area contributed by atoms with Gasteiger partial charge in [-0.1, -0.05) is 0 Å². The summed E-state index contributed by atoms with van der Waals surface area (Å²) in [6, 6.07) is 0.299. The molecule has 0 saturated carbocycles. The van der Waals surface area contributed by atoms with Crippen LogP contribution in [0.2, 0.25) is 0 Å². The van der Waals surface area contributed by atoms with Crippen molar-refractivity contribution in [3.05, 3.63) is 11.3 Å². The first-order valence-corrected chi connectivity index (χ1v) is 6.96. The van der Waals surface area contributed by atoms with Crippen LogP contribution in [0.1, 0.15) is 18.2 Å². The van der Waals surface area contributed by atoms with Gasteiger partial charge in [0.15, 0.2) is 0 Å². The Kier molecular flexibility index (Phi) is 6.98. The second-order valence-corrected chi connectivity index (χ2v) is 5.10. The van der Waals surface area contributed by atoms with E-state index in [4.69, 9.17) is 9.47 Å². The summed E-state index contributed by atoms with van der Waals surface area (Å²) in [5, 5.41) is 7.92. The molecule has 1 unspecified atom stereocenters. The molecule has 0 amide bonds. The molecule has 6 nitrogen and oxygen atoms in total. The van der Waals surface area contributed by atoms with E-state index in [0.717, 1.165) is 24.6 Å². The maximum Gasteiger partial charge on any atom is 0.131 e. The molecule has 0 aliphatic carbocycles. The van der Waals surface area contributed by atoms with E-state index in [1.165, 1.54) is 5.56 Å². The quantitative estimate of drug-likeness (QED) is 0.684. The van der Waals surface area contributed by atoms with Gasteiger partial charge in [-0.05, 0) is 13.8 Å². The number of hydrogen-bond donors (Lipinski definition) is 1. The molecule has 20 heavy (non-hydrogen) atoms. The highest BCUT2D eigenvalue weighted by Crippen LogP contribution is 2.23. The van der Waals surface area contributed by atoms with Crippen LogP contribution < -0.4 is 10.2 Å². The molecule has 1 atom stereocenters. The van der Waals surface area contributed by atoms with Crippen LogP contribution in [0.4, 0.5) is 5.82 Å². The number of nitrogens with one attached hydrogen (secondary N) is 1. The lowest BCUT2D eigenvalue weighted by molar-refractivity contribution is 0.183. The highest BCUT2D eigenvalue weighted by Gasteiger charge is 2.20. The van der Waals surface area contributed by atoms with Crippen LogP contribution in [-0.2, 0) is 23.1 Å². The van der Waals surface area contributed by atoms with Crippen molar-refractivity contribution >= 4 is 5.82 Å². The Hall–Kier alpha value is -1.11. The predicted octanol–water partition coefficient (Wildman–Crippen LogP) is 0.936. The minimum absolute atomic E-state index is 0.299. The number of methoxy groups -OCH3 is 2. The van der Waals surface area contributed by atoms with Crippen molar-refractivity contribution in [3.8, 4) is 0 Å². The van der Waals surface area contributed by atoms with Crippen LogP contribution in [0.15, 0.2) is 0 Å². The lowest BCUT2D eigenvalue weighted by Crippen LogP contribution is -2.35. The summed E-state index contributed by atoms with van der Waals surface area (Å²) in [5.41, 5.74) is 2.29. The van der Waals surface area contributed by atoms with Gasteiger partial charge in [-0.15, -0.1) is 0 Å². The molecule has 116 valence electrons. The first-order valence-electron chi connectivity index (χ1n) is 6.96. The van der Waals surface area contributed by atoms with Crippen molar-refractivity contribution in [1.82, 2.24) is 15.1 Å². The number of nitrogens with zero attached hydrogens (tertiary/aromatic N) is 3. The Balaban J connectivity index is 2.83. The van der Waals surface area contributed by atoms with Gasteiger partial charge in [-0.2, -0.15) is 5.10 Å². The molecule has 0 saturated heterocycles. The molecule has 0 aromatic carbocycles. The lowest BCUT2D eigenvalue weighted by atomic mass is 10.2. The van der Waals surface area contributed by atoms with Gasteiger partial charge in [0.2, 0.25) is 0 Å². The Morgan fingerprint density at radius 2 is 2.05 bits per heavy atom. The molecule has 0 radical (unpaired) electrons. The Labute approximate surface area is 122 Å². The molecule has 0 fully saturated rings. The number of hydrogen-bond acceptors (Lipinski definition) is 5. The van der Waals surface area contributed by atoms with Crippen molar-refractivity contribution in [2.75, 3.05) is 45.9 Å². The smallest absolute Gasteiger partial charge is 0.131 e. The average molecular weight is 284 g/mol. The third-order valence-corrected chi connectivity index (χ3v) is 3.50. The second-order valence-electron chi connectivity index (χ2n) is 5.10. The normalized spacial score (nSPS) is 12.7. The molecule has 6 heteroatoms. The Morgan fingerprint density at radius 3 is 2.65 bits per heavy atom. The largest absolute Gasteiger partial charge is 0.383 e. The molecule has 1 heterocycles. The number of likely N-dealkylation sites (N-methyl/N-ethyl adjacent to an activating group) is 1. The van der Waals surface area contributed by atoms with E-state index in [1.807, 2.05) is 18.7 Å². The summed E-state index contributed by atoms with van der Waals surface area (Å²) in [4.78, 5) is 2.22.